The molecule has 0 saturated carbocycles. The third-order valence-electron chi connectivity index (χ3n) is 3.55. The Morgan fingerprint density at radius 3 is 2.21 bits per heavy atom. The largest absolute Gasteiger partial charge is 0.452 e. The predicted octanol–water partition coefficient (Wildman–Crippen LogP) is 2.63. The van der Waals surface area contributed by atoms with Crippen LogP contribution < -0.4 is 10.6 Å². The zero-order valence-corrected chi connectivity index (χ0v) is 15.1. The minimum Gasteiger partial charge on any atom is -0.452 e. The predicted molar refractivity (Wildman–Crippen MR) is 94.2 cm³/mol. The molecule has 2 amide bonds. The van der Waals surface area contributed by atoms with Gasteiger partial charge in [0.05, 0.1) is 17.8 Å². The van der Waals surface area contributed by atoms with Crippen LogP contribution in [0.1, 0.15) is 21.5 Å². The number of carbonyl (C=O) groups is 3. The number of ether oxygens (including phenoxy) is 1. The second-order valence-electron chi connectivity index (χ2n) is 6.00. The Bertz CT molecular complexity index is 911. The first-order valence-corrected chi connectivity index (χ1v) is 8.13. The van der Waals surface area contributed by atoms with Crippen LogP contribution in [0.15, 0.2) is 30.3 Å². The van der Waals surface area contributed by atoms with E-state index in [2.05, 4.69) is 5.32 Å². The minimum absolute atomic E-state index is 0.289. The Balaban J connectivity index is 1.81. The molecule has 28 heavy (non-hydrogen) atoms. The number of aryl methyl sites for hydroxylation is 2. The molecule has 0 fully saturated rings. The van der Waals surface area contributed by atoms with E-state index in [1.807, 2.05) is 25.2 Å². The number of carbonyl (C=O) groups excluding carboxylic acids is 3. The van der Waals surface area contributed by atoms with Crippen LogP contribution in [-0.4, -0.2) is 30.9 Å². The highest BCUT2D eigenvalue weighted by Crippen LogP contribution is 2.19. The van der Waals surface area contributed by atoms with Crippen LogP contribution in [0.25, 0.3) is 0 Å². The lowest BCUT2D eigenvalue weighted by Gasteiger charge is -2.09. The van der Waals surface area contributed by atoms with Gasteiger partial charge in [-0.25, -0.2) is 18.0 Å². The second kappa shape index (κ2) is 9.03. The molecule has 0 aromatic heterocycles. The molecule has 0 unspecified atom stereocenters. The van der Waals surface area contributed by atoms with Crippen molar-refractivity contribution in [3.05, 3.63) is 64.5 Å². The zero-order chi connectivity index (χ0) is 20.8. The first kappa shape index (κ1) is 20.9. The van der Waals surface area contributed by atoms with Gasteiger partial charge in [0, 0.05) is 0 Å². The summed E-state index contributed by atoms with van der Waals surface area (Å²) in [6.45, 7) is 2.41. The molecule has 0 heterocycles. The Morgan fingerprint density at radius 1 is 0.929 bits per heavy atom. The van der Waals surface area contributed by atoms with Crippen molar-refractivity contribution in [1.82, 2.24) is 5.32 Å². The van der Waals surface area contributed by atoms with Gasteiger partial charge in [-0.3, -0.25) is 9.59 Å². The fourth-order valence-corrected chi connectivity index (χ4v) is 2.35. The Labute approximate surface area is 158 Å². The van der Waals surface area contributed by atoms with Crippen molar-refractivity contribution in [1.29, 1.82) is 0 Å². The highest BCUT2D eigenvalue weighted by Gasteiger charge is 2.16. The summed E-state index contributed by atoms with van der Waals surface area (Å²) in [6, 6.07) is 6.59. The molecular formula is C19H17F3N2O4. The highest BCUT2D eigenvalue weighted by atomic mass is 19.2. The number of nitrogens with one attached hydrogen (secondary N) is 2. The van der Waals surface area contributed by atoms with Crippen LogP contribution in [0.2, 0.25) is 0 Å². The lowest BCUT2D eigenvalue weighted by Crippen LogP contribution is -2.35. The molecule has 6 nitrogen and oxygen atoms in total. The van der Waals surface area contributed by atoms with Gasteiger partial charge < -0.3 is 15.4 Å². The molecule has 0 aliphatic heterocycles. The van der Waals surface area contributed by atoms with E-state index in [4.69, 9.17) is 4.74 Å². The summed E-state index contributed by atoms with van der Waals surface area (Å²) < 4.78 is 44.3. The van der Waals surface area contributed by atoms with E-state index < -0.39 is 54.1 Å². The van der Waals surface area contributed by atoms with Crippen LogP contribution in [0.4, 0.5) is 18.9 Å². The SMILES string of the molecule is Cc1cc(C)cc(C(=O)OCC(=O)NCC(=O)Nc2ccc(F)c(F)c2F)c1. The van der Waals surface area contributed by atoms with Crippen LogP contribution >= 0.6 is 0 Å². The molecule has 2 aromatic carbocycles. The number of hydrogen-bond donors (Lipinski definition) is 2. The number of esters is 1. The number of benzene rings is 2. The van der Waals surface area contributed by atoms with Crippen molar-refractivity contribution in [2.75, 3.05) is 18.5 Å². The topological polar surface area (TPSA) is 84.5 Å². The van der Waals surface area contributed by atoms with E-state index in [9.17, 15) is 27.6 Å². The molecule has 2 rings (SSSR count). The maximum absolute atomic E-state index is 13.5. The molecule has 148 valence electrons. The monoisotopic (exact) mass is 394 g/mol. The number of halogens is 3. The van der Waals surface area contributed by atoms with Crippen molar-refractivity contribution in [2.45, 2.75) is 13.8 Å². The fraction of sp³-hybridized carbons (Fsp3) is 0.211. The number of hydrogen-bond acceptors (Lipinski definition) is 4. The molecule has 0 saturated heterocycles. The van der Waals surface area contributed by atoms with Crippen LogP contribution in [0.5, 0.6) is 0 Å². The molecule has 2 N–H and O–H groups in total. The number of rotatable bonds is 6. The molecule has 2 aromatic rings. The van der Waals surface area contributed by atoms with E-state index in [0.717, 1.165) is 17.2 Å². The van der Waals surface area contributed by atoms with Crippen molar-refractivity contribution in [3.63, 3.8) is 0 Å². The summed E-state index contributed by atoms with van der Waals surface area (Å²) >= 11 is 0. The van der Waals surface area contributed by atoms with Gasteiger partial charge in [-0.05, 0) is 38.1 Å². The van der Waals surface area contributed by atoms with Gasteiger partial charge in [0.25, 0.3) is 5.91 Å². The molecule has 0 aliphatic carbocycles. The van der Waals surface area contributed by atoms with Crippen LogP contribution in [-0.2, 0) is 14.3 Å². The third-order valence-corrected chi connectivity index (χ3v) is 3.55. The summed E-state index contributed by atoms with van der Waals surface area (Å²) in [4.78, 5) is 35.3. The van der Waals surface area contributed by atoms with Gasteiger partial charge in [0.2, 0.25) is 5.91 Å². The standard InChI is InChI=1S/C19H17F3N2O4/c1-10-5-11(2)7-12(6-10)19(27)28-9-16(26)23-8-15(25)24-14-4-3-13(20)17(21)18(14)22/h3-7H,8-9H2,1-2H3,(H,23,26)(H,24,25). The lowest BCUT2D eigenvalue weighted by atomic mass is 10.1. The van der Waals surface area contributed by atoms with Gasteiger partial charge >= 0.3 is 5.97 Å². The smallest absolute Gasteiger partial charge is 0.338 e. The summed E-state index contributed by atoms with van der Waals surface area (Å²) in [6.07, 6.45) is 0. The summed E-state index contributed by atoms with van der Waals surface area (Å²) in [7, 11) is 0. The molecule has 9 heteroatoms. The first-order chi connectivity index (χ1) is 13.2. The van der Waals surface area contributed by atoms with Crippen LogP contribution in [0.3, 0.4) is 0 Å². The zero-order valence-electron chi connectivity index (χ0n) is 15.1. The average molecular weight is 394 g/mol. The van der Waals surface area contributed by atoms with Gasteiger partial charge in [-0.2, -0.15) is 0 Å². The Morgan fingerprint density at radius 2 is 1.57 bits per heavy atom. The molecule has 0 aliphatic rings. The molecule has 0 atom stereocenters. The second-order valence-corrected chi connectivity index (χ2v) is 6.00. The van der Waals surface area contributed by atoms with Crippen molar-refractivity contribution >= 4 is 23.5 Å². The summed E-state index contributed by atoms with van der Waals surface area (Å²) in [5, 5.41) is 4.15. The maximum Gasteiger partial charge on any atom is 0.338 e. The molecule has 0 bridgehead atoms. The van der Waals surface area contributed by atoms with Gasteiger partial charge in [-0.15, -0.1) is 0 Å². The number of anilines is 1. The van der Waals surface area contributed by atoms with Gasteiger partial charge in [0.1, 0.15) is 0 Å². The lowest BCUT2D eigenvalue weighted by molar-refractivity contribution is -0.126. The quantitative estimate of drug-likeness (QED) is 0.583. The van der Waals surface area contributed by atoms with Crippen molar-refractivity contribution in [2.24, 2.45) is 0 Å². The van der Waals surface area contributed by atoms with E-state index in [1.54, 1.807) is 12.1 Å². The van der Waals surface area contributed by atoms with E-state index in [0.29, 0.717) is 6.07 Å². The average Bonchev–Trinajstić information content (AvgIpc) is 2.64. The molecule has 0 spiro atoms. The van der Waals surface area contributed by atoms with Gasteiger partial charge in [-0.1, -0.05) is 17.2 Å². The van der Waals surface area contributed by atoms with E-state index in [1.165, 1.54) is 0 Å². The Hall–Kier alpha value is -3.36. The van der Waals surface area contributed by atoms with E-state index in [-0.39, 0.29) is 5.56 Å². The fourth-order valence-electron chi connectivity index (χ4n) is 2.35. The van der Waals surface area contributed by atoms with Crippen LogP contribution in [0, 0.1) is 31.3 Å². The van der Waals surface area contributed by atoms with Gasteiger partial charge in [0.15, 0.2) is 24.1 Å². The first-order valence-electron chi connectivity index (χ1n) is 8.13. The molecular weight excluding hydrogens is 377 g/mol. The van der Waals surface area contributed by atoms with Crippen molar-refractivity contribution in [3.8, 4) is 0 Å². The third kappa shape index (κ3) is 5.57. The van der Waals surface area contributed by atoms with Crippen molar-refractivity contribution < 1.29 is 32.3 Å². The maximum atomic E-state index is 13.5. The summed E-state index contributed by atoms with van der Waals surface area (Å²) in [5.74, 6) is -7.01. The highest BCUT2D eigenvalue weighted by molar-refractivity contribution is 5.95. The minimum atomic E-state index is -1.72. The Kier molecular flexibility index (Phi) is 6.75. The molecule has 0 radical (unpaired) electrons. The normalized spacial score (nSPS) is 10.3. The summed E-state index contributed by atoms with van der Waals surface area (Å²) in [5.41, 5.74) is 1.44. The number of amides is 2. The van der Waals surface area contributed by atoms with E-state index >= 15 is 0 Å².